The maximum atomic E-state index is 5.98. The van der Waals surface area contributed by atoms with Crippen LogP contribution in [0.15, 0.2) is 22.7 Å². The smallest absolute Gasteiger partial charge is 0.170 e. The van der Waals surface area contributed by atoms with Crippen molar-refractivity contribution >= 4 is 50.5 Å². The minimum absolute atomic E-state index is 0.573. The van der Waals surface area contributed by atoms with Gasteiger partial charge in [-0.2, -0.15) is 0 Å². The highest BCUT2D eigenvalue weighted by Gasteiger charge is 2.04. The highest BCUT2D eigenvalue weighted by atomic mass is 79.9. The van der Waals surface area contributed by atoms with Crippen LogP contribution in [-0.4, -0.2) is 25.4 Å². The summed E-state index contributed by atoms with van der Waals surface area (Å²) in [6.45, 7) is 1.49. The van der Waals surface area contributed by atoms with E-state index in [-0.39, 0.29) is 0 Å². The van der Waals surface area contributed by atoms with Gasteiger partial charge in [0.15, 0.2) is 5.11 Å². The van der Waals surface area contributed by atoms with Crippen LogP contribution in [0.25, 0.3) is 0 Å². The van der Waals surface area contributed by atoms with Gasteiger partial charge in [0.05, 0.1) is 15.2 Å². The molecule has 1 aromatic rings. The monoisotopic (exact) mass is 336 g/mol. The minimum atomic E-state index is 0.573. The summed E-state index contributed by atoms with van der Waals surface area (Å²) in [5.41, 5.74) is 0.849. The first-order chi connectivity index (χ1) is 8.15. The summed E-state index contributed by atoms with van der Waals surface area (Å²) in [7, 11) is 1.68. The Labute approximate surface area is 120 Å². The third kappa shape index (κ3) is 5.21. The van der Waals surface area contributed by atoms with Gasteiger partial charge in [-0.05, 0) is 46.7 Å². The molecule has 2 N–H and O–H groups in total. The first-order valence-corrected chi connectivity index (χ1v) is 6.71. The van der Waals surface area contributed by atoms with Crippen molar-refractivity contribution in [3.05, 3.63) is 27.7 Å². The Morgan fingerprint density at radius 3 is 3.00 bits per heavy atom. The predicted octanol–water partition coefficient (Wildman–Crippen LogP) is 3.43. The number of halogens is 2. The molecule has 0 spiro atoms. The molecule has 6 heteroatoms. The Morgan fingerprint density at radius 2 is 2.29 bits per heavy atom. The fourth-order valence-electron chi connectivity index (χ4n) is 1.19. The number of anilines is 1. The molecule has 0 bridgehead atoms. The largest absolute Gasteiger partial charge is 0.385 e. The van der Waals surface area contributed by atoms with Crippen LogP contribution in [-0.2, 0) is 4.74 Å². The van der Waals surface area contributed by atoms with E-state index in [0.29, 0.717) is 10.1 Å². The van der Waals surface area contributed by atoms with Gasteiger partial charge in [-0.25, -0.2) is 0 Å². The summed E-state index contributed by atoms with van der Waals surface area (Å²) in [5, 5.41) is 7.39. The van der Waals surface area contributed by atoms with Crippen molar-refractivity contribution < 1.29 is 4.74 Å². The molecule has 0 heterocycles. The lowest BCUT2D eigenvalue weighted by Crippen LogP contribution is -2.29. The lowest BCUT2D eigenvalue weighted by molar-refractivity contribution is 0.196. The first kappa shape index (κ1) is 14.7. The van der Waals surface area contributed by atoms with E-state index in [0.717, 1.165) is 29.7 Å². The van der Waals surface area contributed by atoms with Crippen molar-refractivity contribution in [2.45, 2.75) is 6.42 Å². The van der Waals surface area contributed by atoms with E-state index in [1.54, 1.807) is 7.11 Å². The van der Waals surface area contributed by atoms with Crippen LogP contribution in [0.1, 0.15) is 6.42 Å². The number of benzene rings is 1. The summed E-state index contributed by atoms with van der Waals surface area (Å²) in [6, 6.07) is 5.58. The summed E-state index contributed by atoms with van der Waals surface area (Å²) in [5.74, 6) is 0. The van der Waals surface area contributed by atoms with Gasteiger partial charge in [-0.3, -0.25) is 0 Å². The predicted molar refractivity (Wildman–Crippen MR) is 79.9 cm³/mol. The number of ether oxygens (including phenoxy) is 1. The summed E-state index contributed by atoms with van der Waals surface area (Å²) >= 11 is 14.5. The fraction of sp³-hybridized carbons (Fsp3) is 0.364. The van der Waals surface area contributed by atoms with E-state index in [1.807, 2.05) is 18.2 Å². The molecular weight excluding hydrogens is 324 g/mol. The standard InChI is InChI=1S/C11H14BrClN2OS/c1-16-7-3-6-14-11(17)15-9-5-2-4-8(13)10(9)12/h2,4-5H,3,6-7H2,1H3,(H2,14,15,17). The highest BCUT2D eigenvalue weighted by molar-refractivity contribution is 9.10. The van der Waals surface area contributed by atoms with Crippen LogP contribution in [0.4, 0.5) is 5.69 Å². The van der Waals surface area contributed by atoms with E-state index in [4.69, 9.17) is 28.6 Å². The van der Waals surface area contributed by atoms with E-state index in [9.17, 15) is 0 Å². The zero-order valence-corrected chi connectivity index (χ0v) is 12.6. The van der Waals surface area contributed by atoms with Crippen molar-refractivity contribution in [1.82, 2.24) is 5.32 Å². The second-order valence-corrected chi connectivity index (χ2v) is 4.94. The molecule has 0 aliphatic carbocycles. The van der Waals surface area contributed by atoms with Gasteiger partial charge in [-0.1, -0.05) is 17.7 Å². The average Bonchev–Trinajstić information content (AvgIpc) is 2.31. The van der Waals surface area contributed by atoms with Gasteiger partial charge in [0, 0.05) is 20.3 Å². The molecule has 3 nitrogen and oxygen atoms in total. The summed E-state index contributed by atoms with van der Waals surface area (Å²) in [6.07, 6.45) is 0.912. The zero-order valence-electron chi connectivity index (χ0n) is 9.43. The fourth-order valence-corrected chi connectivity index (χ4v) is 1.94. The van der Waals surface area contributed by atoms with Crippen molar-refractivity contribution in [2.75, 3.05) is 25.6 Å². The summed E-state index contributed by atoms with van der Waals surface area (Å²) in [4.78, 5) is 0. The van der Waals surface area contributed by atoms with Crippen LogP contribution in [0.5, 0.6) is 0 Å². The molecule has 0 amide bonds. The van der Waals surface area contributed by atoms with Crippen LogP contribution >= 0.6 is 39.7 Å². The van der Waals surface area contributed by atoms with Crippen molar-refractivity contribution in [1.29, 1.82) is 0 Å². The molecule has 94 valence electrons. The number of methoxy groups -OCH3 is 1. The molecule has 0 atom stereocenters. The molecule has 0 aliphatic rings. The van der Waals surface area contributed by atoms with Crippen molar-refractivity contribution in [3.63, 3.8) is 0 Å². The number of nitrogens with one attached hydrogen (secondary N) is 2. The van der Waals surface area contributed by atoms with E-state index >= 15 is 0 Å². The number of rotatable bonds is 5. The maximum Gasteiger partial charge on any atom is 0.170 e. The lowest BCUT2D eigenvalue weighted by atomic mass is 10.3. The number of thiocarbonyl (C=S) groups is 1. The molecule has 1 rings (SSSR count). The first-order valence-electron chi connectivity index (χ1n) is 5.13. The van der Waals surface area contributed by atoms with Gasteiger partial charge in [0.25, 0.3) is 0 Å². The van der Waals surface area contributed by atoms with E-state index < -0.39 is 0 Å². The van der Waals surface area contributed by atoms with Gasteiger partial charge < -0.3 is 15.4 Å². The molecule has 0 aromatic heterocycles. The normalized spacial score (nSPS) is 10.1. The topological polar surface area (TPSA) is 33.3 Å². The number of hydrogen-bond donors (Lipinski definition) is 2. The second kappa shape index (κ2) is 7.87. The molecule has 0 fully saturated rings. The molecule has 17 heavy (non-hydrogen) atoms. The summed E-state index contributed by atoms with van der Waals surface area (Å²) < 4.78 is 5.76. The average molecular weight is 338 g/mol. The molecule has 0 saturated heterocycles. The van der Waals surface area contributed by atoms with Crippen molar-refractivity contribution in [2.24, 2.45) is 0 Å². The molecule has 0 unspecified atom stereocenters. The Balaban J connectivity index is 2.43. The second-order valence-electron chi connectivity index (χ2n) is 3.33. The molecule has 1 aromatic carbocycles. The third-order valence-electron chi connectivity index (χ3n) is 2.01. The van der Waals surface area contributed by atoms with Crippen LogP contribution in [0, 0.1) is 0 Å². The van der Waals surface area contributed by atoms with Crippen molar-refractivity contribution in [3.8, 4) is 0 Å². The van der Waals surface area contributed by atoms with Gasteiger partial charge in [0.2, 0.25) is 0 Å². The highest BCUT2D eigenvalue weighted by Crippen LogP contribution is 2.29. The van der Waals surface area contributed by atoms with Gasteiger partial charge >= 0.3 is 0 Å². The minimum Gasteiger partial charge on any atom is -0.385 e. The number of hydrogen-bond acceptors (Lipinski definition) is 2. The quantitative estimate of drug-likeness (QED) is 0.637. The SMILES string of the molecule is COCCCNC(=S)Nc1cccc(Cl)c1Br. The maximum absolute atomic E-state index is 5.98. The molecular formula is C11H14BrClN2OS. The van der Waals surface area contributed by atoms with E-state index in [1.165, 1.54) is 0 Å². The molecule has 0 saturated carbocycles. The third-order valence-corrected chi connectivity index (χ3v) is 3.65. The van der Waals surface area contributed by atoms with Crippen LogP contribution < -0.4 is 10.6 Å². The van der Waals surface area contributed by atoms with Gasteiger partial charge in [0.1, 0.15) is 0 Å². The van der Waals surface area contributed by atoms with Crippen LogP contribution in [0.3, 0.4) is 0 Å². The van der Waals surface area contributed by atoms with E-state index in [2.05, 4.69) is 26.6 Å². The zero-order chi connectivity index (χ0) is 12.7. The Bertz CT molecular complexity index is 390. The molecule has 0 radical (unpaired) electrons. The Hall–Kier alpha value is -0.360. The Morgan fingerprint density at radius 1 is 1.53 bits per heavy atom. The molecule has 0 aliphatic heterocycles. The van der Waals surface area contributed by atoms with Crippen LogP contribution in [0.2, 0.25) is 5.02 Å². The van der Waals surface area contributed by atoms with Gasteiger partial charge in [-0.15, -0.1) is 0 Å². The Kier molecular flexibility index (Phi) is 6.80. The lowest BCUT2D eigenvalue weighted by Gasteiger charge is -2.12.